The number of amides is 1. The summed E-state index contributed by atoms with van der Waals surface area (Å²) in [7, 11) is 3.77. The van der Waals surface area contributed by atoms with Crippen LogP contribution in [0.15, 0.2) is 18.2 Å². The van der Waals surface area contributed by atoms with Crippen molar-refractivity contribution < 1.29 is 4.79 Å². The molecule has 5 heteroatoms. The second kappa shape index (κ2) is 7.36. The minimum atomic E-state index is -0.478. The minimum Gasteiger partial charge on any atom is -0.375 e. The van der Waals surface area contributed by atoms with Gasteiger partial charge in [0.05, 0.1) is 22.4 Å². The van der Waals surface area contributed by atoms with Gasteiger partial charge in [-0.05, 0) is 18.6 Å². The smallest absolute Gasteiger partial charge is 0.241 e. The van der Waals surface area contributed by atoms with Crippen molar-refractivity contribution in [2.45, 2.75) is 32.2 Å². The highest BCUT2D eigenvalue weighted by Crippen LogP contribution is 2.32. The highest BCUT2D eigenvalue weighted by molar-refractivity contribution is 6.34. The van der Waals surface area contributed by atoms with Crippen LogP contribution in [0.2, 0.25) is 5.02 Å². The first-order valence-electron chi connectivity index (χ1n) is 6.49. The molecule has 0 aliphatic heterocycles. The third-order valence-electron chi connectivity index (χ3n) is 2.90. The number of anilines is 2. The Kier molecular flexibility index (Phi) is 6.12. The molecule has 0 bridgehead atoms. The number of hydrogen-bond acceptors (Lipinski definition) is 3. The summed E-state index contributed by atoms with van der Waals surface area (Å²) in [5.74, 6) is -0.168. The van der Waals surface area contributed by atoms with E-state index < -0.39 is 6.04 Å². The summed E-state index contributed by atoms with van der Waals surface area (Å²) < 4.78 is 0. The molecule has 4 nitrogen and oxygen atoms in total. The van der Waals surface area contributed by atoms with Crippen molar-refractivity contribution in [3.05, 3.63) is 23.2 Å². The number of nitrogens with zero attached hydrogens (tertiary/aromatic N) is 1. The third-order valence-corrected chi connectivity index (χ3v) is 3.20. The zero-order chi connectivity index (χ0) is 14.4. The highest BCUT2D eigenvalue weighted by Gasteiger charge is 2.16. The van der Waals surface area contributed by atoms with Crippen LogP contribution in [0.25, 0.3) is 0 Å². The monoisotopic (exact) mass is 283 g/mol. The molecular formula is C14H22ClN3O. The fourth-order valence-corrected chi connectivity index (χ4v) is 2.19. The van der Waals surface area contributed by atoms with E-state index in [1.54, 1.807) is 6.07 Å². The van der Waals surface area contributed by atoms with Crippen molar-refractivity contribution >= 4 is 28.9 Å². The maximum absolute atomic E-state index is 12.0. The van der Waals surface area contributed by atoms with Gasteiger partial charge in [0.15, 0.2) is 0 Å². The second-order valence-electron chi connectivity index (χ2n) is 4.77. The van der Waals surface area contributed by atoms with Gasteiger partial charge in [-0.25, -0.2) is 0 Å². The minimum absolute atomic E-state index is 0.168. The van der Waals surface area contributed by atoms with Crippen LogP contribution in [0.4, 0.5) is 11.4 Å². The molecule has 0 spiro atoms. The van der Waals surface area contributed by atoms with Crippen molar-refractivity contribution in [2.24, 2.45) is 5.73 Å². The van der Waals surface area contributed by atoms with E-state index in [-0.39, 0.29) is 5.91 Å². The molecule has 1 aromatic carbocycles. The molecule has 0 fully saturated rings. The van der Waals surface area contributed by atoms with E-state index in [1.165, 1.54) is 0 Å². The van der Waals surface area contributed by atoms with Crippen LogP contribution in [0, 0.1) is 0 Å². The maximum Gasteiger partial charge on any atom is 0.241 e. The van der Waals surface area contributed by atoms with Gasteiger partial charge in [0.1, 0.15) is 0 Å². The first-order valence-corrected chi connectivity index (χ1v) is 6.87. The van der Waals surface area contributed by atoms with Crippen LogP contribution in [0.1, 0.15) is 26.2 Å². The molecule has 19 heavy (non-hydrogen) atoms. The zero-order valence-electron chi connectivity index (χ0n) is 11.7. The summed E-state index contributed by atoms with van der Waals surface area (Å²) in [4.78, 5) is 13.9. The fraction of sp³-hybridized carbons (Fsp3) is 0.500. The summed E-state index contributed by atoms with van der Waals surface area (Å²) in [6.07, 6.45) is 2.67. The normalized spacial score (nSPS) is 12.1. The van der Waals surface area contributed by atoms with E-state index in [1.807, 2.05) is 31.1 Å². The van der Waals surface area contributed by atoms with Crippen molar-refractivity contribution in [3.63, 3.8) is 0 Å². The first-order chi connectivity index (χ1) is 8.97. The molecule has 0 aliphatic carbocycles. The number of hydrogen-bond donors (Lipinski definition) is 2. The van der Waals surface area contributed by atoms with Crippen molar-refractivity contribution in [1.82, 2.24) is 0 Å². The Morgan fingerprint density at radius 2 is 2.16 bits per heavy atom. The Balaban J connectivity index is 2.82. The molecule has 1 atom stereocenters. The molecule has 1 rings (SSSR count). The number of carbonyl (C=O) groups excluding carboxylic acids is 1. The first kappa shape index (κ1) is 15.8. The third kappa shape index (κ3) is 4.40. The lowest BCUT2D eigenvalue weighted by Gasteiger charge is -2.20. The summed E-state index contributed by atoms with van der Waals surface area (Å²) in [5.41, 5.74) is 7.34. The molecule has 1 aromatic rings. The molecule has 106 valence electrons. The average Bonchev–Trinajstić information content (AvgIpc) is 2.35. The van der Waals surface area contributed by atoms with E-state index in [9.17, 15) is 4.79 Å². The maximum atomic E-state index is 12.0. The molecule has 1 amide bonds. The number of unbranched alkanes of at least 4 members (excludes halogenated alkanes) is 1. The lowest BCUT2D eigenvalue weighted by atomic mass is 10.1. The lowest BCUT2D eigenvalue weighted by molar-refractivity contribution is -0.117. The molecule has 3 N–H and O–H groups in total. The van der Waals surface area contributed by atoms with Gasteiger partial charge in [-0.15, -0.1) is 0 Å². The van der Waals surface area contributed by atoms with Crippen LogP contribution in [0.5, 0.6) is 0 Å². The van der Waals surface area contributed by atoms with Crippen LogP contribution in [-0.4, -0.2) is 26.0 Å². The number of halogens is 1. The average molecular weight is 284 g/mol. The van der Waals surface area contributed by atoms with Gasteiger partial charge in [0, 0.05) is 14.1 Å². The molecule has 1 unspecified atom stereocenters. The van der Waals surface area contributed by atoms with Crippen LogP contribution in [-0.2, 0) is 4.79 Å². The zero-order valence-corrected chi connectivity index (χ0v) is 12.5. The predicted molar refractivity (Wildman–Crippen MR) is 81.9 cm³/mol. The second-order valence-corrected chi connectivity index (χ2v) is 5.18. The summed E-state index contributed by atoms with van der Waals surface area (Å²) in [6.45, 7) is 2.08. The predicted octanol–water partition coefficient (Wildman–Crippen LogP) is 2.86. The summed E-state index contributed by atoms with van der Waals surface area (Å²) >= 11 is 6.15. The quantitative estimate of drug-likeness (QED) is 0.844. The number of carbonyl (C=O) groups is 1. The Labute approximate surface area is 119 Å². The Bertz CT molecular complexity index is 435. The number of para-hydroxylation sites is 1. The van der Waals surface area contributed by atoms with E-state index in [2.05, 4.69) is 12.2 Å². The van der Waals surface area contributed by atoms with E-state index in [0.717, 1.165) is 18.5 Å². The lowest BCUT2D eigenvalue weighted by Crippen LogP contribution is -2.35. The molecule has 0 radical (unpaired) electrons. The van der Waals surface area contributed by atoms with Crippen molar-refractivity contribution in [1.29, 1.82) is 0 Å². The van der Waals surface area contributed by atoms with E-state index in [4.69, 9.17) is 17.3 Å². The van der Waals surface area contributed by atoms with Crippen LogP contribution in [0.3, 0.4) is 0 Å². The molecular weight excluding hydrogens is 262 g/mol. The van der Waals surface area contributed by atoms with Gasteiger partial charge in [-0.1, -0.05) is 37.4 Å². The molecule has 0 heterocycles. The summed E-state index contributed by atoms with van der Waals surface area (Å²) in [6, 6.07) is 4.95. The summed E-state index contributed by atoms with van der Waals surface area (Å²) in [5, 5.41) is 3.45. The highest BCUT2D eigenvalue weighted by atomic mass is 35.5. The standard InChI is InChI=1S/C14H22ClN3O/c1-4-5-8-11(16)14(19)17-12-9-6-7-10(15)13(12)18(2)3/h6-7,9,11H,4-5,8,16H2,1-3H3,(H,17,19). The van der Waals surface area contributed by atoms with Crippen molar-refractivity contribution in [3.8, 4) is 0 Å². The van der Waals surface area contributed by atoms with Gasteiger partial charge < -0.3 is 16.0 Å². The number of nitrogens with one attached hydrogen (secondary N) is 1. The van der Waals surface area contributed by atoms with Gasteiger partial charge >= 0.3 is 0 Å². The Hall–Kier alpha value is -1.26. The van der Waals surface area contributed by atoms with Crippen LogP contribution < -0.4 is 16.0 Å². The topological polar surface area (TPSA) is 58.4 Å². The van der Waals surface area contributed by atoms with Gasteiger partial charge in [-0.2, -0.15) is 0 Å². The molecule has 0 saturated heterocycles. The Morgan fingerprint density at radius 1 is 1.47 bits per heavy atom. The SMILES string of the molecule is CCCCC(N)C(=O)Nc1cccc(Cl)c1N(C)C. The van der Waals surface area contributed by atoms with Gasteiger partial charge in [-0.3, -0.25) is 4.79 Å². The number of nitrogens with two attached hydrogens (primary N) is 1. The van der Waals surface area contributed by atoms with Gasteiger partial charge in [0.2, 0.25) is 5.91 Å². The molecule has 0 aliphatic rings. The largest absolute Gasteiger partial charge is 0.375 e. The van der Waals surface area contributed by atoms with E-state index in [0.29, 0.717) is 17.1 Å². The van der Waals surface area contributed by atoms with Crippen molar-refractivity contribution in [2.75, 3.05) is 24.3 Å². The molecule has 0 saturated carbocycles. The number of benzene rings is 1. The molecule has 0 aromatic heterocycles. The van der Waals surface area contributed by atoms with Gasteiger partial charge in [0.25, 0.3) is 0 Å². The number of rotatable bonds is 6. The van der Waals surface area contributed by atoms with E-state index >= 15 is 0 Å². The fourth-order valence-electron chi connectivity index (χ4n) is 1.85. The Morgan fingerprint density at radius 3 is 2.74 bits per heavy atom. The van der Waals surface area contributed by atoms with Crippen LogP contribution >= 0.6 is 11.6 Å².